The molecular formula is C17H20N4O3. The Bertz CT molecular complexity index is 684. The van der Waals surface area contributed by atoms with Gasteiger partial charge in [0.1, 0.15) is 11.6 Å². The number of nitrogens with zero attached hydrogens (tertiary/aromatic N) is 1. The van der Waals surface area contributed by atoms with Crippen LogP contribution in [0.4, 0.5) is 16.3 Å². The van der Waals surface area contributed by atoms with Gasteiger partial charge >= 0.3 is 6.03 Å². The summed E-state index contributed by atoms with van der Waals surface area (Å²) in [6.07, 6.45) is 1.84. The monoisotopic (exact) mass is 328 g/mol. The Morgan fingerprint density at radius 3 is 2.46 bits per heavy atom. The number of aromatic nitrogens is 1. The first kappa shape index (κ1) is 17.3. The standard InChI is InChI=1S/C17H20N4O3/c1-12-3-8-15(19-11-12)21-16(22)9-10-18-17(23)20-13-4-6-14(24-2)7-5-13/h3-8,11H,9-10H2,1-2H3,(H2,18,20,23)(H,19,21,22). The molecule has 1 aromatic carbocycles. The molecule has 24 heavy (non-hydrogen) atoms. The molecule has 7 nitrogen and oxygen atoms in total. The molecule has 0 saturated heterocycles. The highest BCUT2D eigenvalue weighted by Gasteiger charge is 2.05. The van der Waals surface area contributed by atoms with Gasteiger partial charge in [-0.15, -0.1) is 0 Å². The van der Waals surface area contributed by atoms with Crippen molar-refractivity contribution in [1.82, 2.24) is 10.3 Å². The first-order valence-corrected chi connectivity index (χ1v) is 7.48. The van der Waals surface area contributed by atoms with Gasteiger partial charge in [-0.3, -0.25) is 4.79 Å². The molecule has 3 amide bonds. The number of rotatable bonds is 6. The molecule has 0 aliphatic carbocycles. The van der Waals surface area contributed by atoms with Crippen LogP contribution in [0.25, 0.3) is 0 Å². The number of methoxy groups -OCH3 is 1. The average molecular weight is 328 g/mol. The smallest absolute Gasteiger partial charge is 0.319 e. The Kier molecular flexibility index (Phi) is 6.13. The molecule has 2 rings (SSSR count). The predicted octanol–water partition coefficient (Wildman–Crippen LogP) is 2.55. The van der Waals surface area contributed by atoms with Crippen molar-refractivity contribution in [2.75, 3.05) is 24.3 Å². The number of hydrogen-bond acceptors (Lipinski definition) is 4. The number of anilines is 2. The predicted molar refractivity (Wildman–Crippen MR) is 92.2 cm³/mol. The van der Waals surface area contributed by atoms with Gasteiger partial charge in [-0.2, -0.15) is 0 Å². The Balaban J connectivity index is 1.69. The Morgan fingerprint density at radius 1 is 1.08 bits per heavy atom. The summed E-state index contributed by atoms with van der Waals surface area (Å²) >= 11 is 0. The van der Waals surface area contributed by atoms with Crippen molar-refractivity contribution in [2.45, 2.75) is 13.3 Å². The van der Waals surface area contributed by atoms with Crippen LogP contribution in [0.2, 0.25) is 0 Å². The molecule has 0 atom stereocenters. The zero-order chi connectivity index (χ0) is 17.4. The van der Waals surface area contributed by atoms with E-state index < -0.39 is 0 Å². The molecule has 0 aliphatic heterocycles. The summed E-state index contributed by atoms with van der Waals surface area (Å²) < 4.78 is 5.04. The molecule has 0 spiro atoms. The van der Waals surface area contributed by atoms with Gasteiger partial charge in [0, 0.05) is 24.8 Å². The average Bonchev–Trinajstić information content (AvgIpc) is 2.57. The van der Waals surface area contributed by atoms with Crippen molar-refractivity contribution in [2.24, 2.45) is 0 Å². The van der Waals surface area contributed by atoms with E-state index in [0.717, 1.165) is 5.56 Å². The first-order valence-electron chi connectivity index (χ1n) is 7.48. The molecule has 0 aliphatic rings. The summed E-state index contributed by atoms with van der Waals surface area (Å²) in [7, 11) is 1.58. The number of nitrogens with one attached hydrogen (secondary N) is 3. The third-order valence-corrected chi connectivity index (χ3v) is 3.16. The fourth-order valence-corrected chi connectivity index (χ4v) is 1.89. The van der Waals surface area contributed by atoms with Crippen LogP contribution < -0.4 is 20.7 Å². The van der Waals surface area contributed by atoms with Crippen LogP contribution in [0.1, 0.15) is 12.0 Å². The minimum absolute atomic E-state index is 0.158. The minimum atomic E-state index is -0.374. The second kappa shape index (κ2) is 8.52. The highest BCUT2D eigenvalue weighted by Crippen LogP contribution is 2.14. The maximum Gasteiger partial charge on any atom is 0.319 e. The molecule has 2 aromatic rings. The van der Waals surface area contributed by atoms with Crippen molar-refractivity contribution in [1.29, 1.82) is 0 Å². The molecule has 0 fully saturated rings. The fraction of sp³-hybridized carbons (Fsp3) is 0.235. The third kappa shape index (κ3) is 5.60. The Hall–Kier alpha value is -3.09. The number of carbonyl (C=O) groups excluding carboxylic acids is 2. The number of benzene rings is 1. The van der Waals surface area contributed by atoms with Crippen LogP contribution in [0.15, 0.2) is 42.6 Å². The Labute approximate surface area is 140 Å². The molecule has 7 heteroatoms. The first-order chi connectivity index (χ1) is 11.6. The van der Waals surface area contributed by atoms with E-state index >= 15 is 0 Å². The maximum absolute atomic E-state index is 11.8. The van der Waals surface area contributed by atoms with Gasteiger partial charge in [0.2, 0.25) is 5.91 Å². The van der Waals surface area contributed by atoms with E-state index in [1.54, 1.807) is 43.6 Å². The van der Waals surface area contributed by atoms with E-state index in [1.165, 1.54) is 0 Å². The summed E-state index contributed by atoms with van der Waals surface area (Å²) in [6, 6.07) is 10.2. The number of carbonyl (C=O) groups is 2. The van der Waals surface area contributed by atoms with Gasteiger partial charge in [-0.05, 0) is 42.8 Å². The van der Waals surface area contributed by atoms with Gasteiger partial charge in [-0.25, -0.2) is 9.78 Å². The largest absolute Gasteiger partial charge is 0.497 e. The summed E-state index contributed by atoms with van der Waals surface area (Å²) in [5.74, 6) is 0.992. The maximum atomic E-state index is 11.8. The van der Waals surface area contributed by atoms with E-state index in [1.807, 2.05) is 13.0 Å². The molecule has 1 heterocycles. The normalized spacial score (nSPS) is 9.92. The molecular weight excluding hydrogens is 308 g/mol. The highest BCUT2D eigenvalue weighted by molar-refractivity contribution is 5.91. The second-order valence-corrected chi connectivity index (χ2v) is 5.13. The SMILES string of the molecule is COc1ccc(NC(=O)NCCC(=O)Nc2ccc(C)cn2)cc1. The van der Waals surface area contributed by atoms with Crippen LogP contribution in [-0.4, -0.2) is 30.6 Å². The van der Waals surface area contributed by atoms with E-state index in [0.29, 0.717) is 17.3 Å². The lowest BCUT2D eigenvalue weighted by Crippen LogP contribution is -2.31. The lowest BCUT2D eigenvalue weighted by molar-refractivity contribution is -0.116. The summed E-state index contributed by atoms with van der Waals surface area (Å²) in [5, 5.41) is 7.97. The highest BCUT2D eigenvalue weighted by atomic mass is 16.5. The summed E-state index contributed by atoms with van der Waals surface area (Å²) in [4.78, 5) is 27.6. The van der Waals surface area contributed by atoms with Gasteiger partial charge in [-0.1, -0.05) is 6.07 Å². The number of pyridine rings is 1. The number of amides is 3. The van der Waals surface area contributed by atoms with Crippen molar-refractivity contribution < 1.29 is 14.3 Å². The minimum Gasteiger partial charge on any atom is -0.497 e. The molecule has 0 unspecified atom stereocenters. The third-order valence-electron chi connectivity index (χ3n) is 3.16. The number of urea groups is 1. The second-order valence-electron chi connectivity index (χ2n) is 5.13. The lowest BCUT2D eigenvalue weighted by atomic mass is 10.3. The van der Waals surface area contributed by atoms with Crippen molar-refractivity contribution in [3.8, 4) is 5.75 Å². The van der Waals surface area contributed by atoms with Gasteiger partial charge in [0.05, 0.1) is 7.11 Å². The molecule has 0 bridgehead atoms. The van der Waals surface area contributed by atoms with E-state index in [4.69, 9.17) is 4.74 Å². The van der Waals surface area contributed by atoms with Crippen LogP contribution >= 0.6 is 0 Å². The van der Waals surface area contributed by atoms with Gasteiger partial charge < -0.3 is 20.7 Å². The van der Waals surface area contributed by atoms with Gasteiger partial charge in [0.25, 0.3) is 0 Å². The number of ether oxygens (including phenoxy) is 1. The fourth-order valence-electron chi connectivity index (χ4n) is 1.89. The van der Waals surface area contributed by atoms with Gasteiger partial charge in [0.15, 0.2) is 0 Å². The van der Waals surface area contributed by atoms with Crippen LogP contribution in [0.3, 0.4) is 0 Å². The lowest BCUT2D eigenvalue weighted by Gasteiger charge is -2.08. The Morgan fingerprint density at radius 2 is 1.83 bits per heavy atom. The summed E-state index contributed by atoms with van der Waals surface area (Å²) in [5.41, 5.74) is 1.66. The van der Waals surface area contributed by atoms with Crippen LogP contribution in [0, 0.1) is 6.92 Å². The topological polar surface area (TPSA) is 92.4 Å². The molecule has 0 saturated carbocycles. The van der Waals surface area contributed by atoms with Crippen molar-refractivity contribution in [3.63, 3.8) is 0 Å². The number of aryl methyl sites for hydroxylation is 1. The molecule has 3 N–H and O–H groups in total. The van der Waals surface area contributed by atoms with Crippen molar-refractivity contribution in [3.05, 3.63) is 48.2 Å². The van der Waals surface area contributed by atoms with E-state index in [-0.39, 0.29) is 24.9 Å². The number of hydrogen-bond donors (Lipinski definition) is 3. The molecule has 0 radical (unpaired) electrons. The zero-order valence-corrected chi connectivity index (χ0v) is 13.6. The van der Waals surface area contributed by atoms with Crippen LogP contribution in [-0.2, 0) is 4.79 Å². The summed E-state index contributed by atoms with van der Waals surface area (Å²) in [6.45, 7) is 2.14. The quantitative estimate of drug-likeness (QED) is 0.760. The van der Waals surface area contributed by atoms with E-state index in [9.17, 15) is 9.59 Å². The van der Waals surface area contributed by atoms with Crippen LogP contribution in [0.5, 0.6) is 5.75 Å². The molecule has 1 aromatic heterocycles. The van der Waals surface area contributed by atoms with E-state index in [2.05, 4.69) is 20.9 Å². The van der Waals surface area contributed by atoms with Crippen molar-refractivity contribution >= 4 is 23.4 Å². The molecule has 126 valence electrons. The zero-order valence-electron chi connectivity index (χ0n) is 13.6.